The molecule has 3 N–H and O–H groups in total. The third-order valence-corrected chi connectivity index (χ3v) is 3.71. The Kier molecular flexibility index (Phi) is 2.07. The average molecular weight is 279 g/mol. The number of H-pyrrole nitrogens is 1. The molecule has 0 amide bonds. The van der Waals surface area contributed by atoms with Crippen molar-refractivity contribution < 1.29 is 4.98 Å². The molecule has 0 atom stereocenters. The van der Waals surface area contributed by atoms with Crippen LogP contribution in [0.4, 0.5) is 11.5 Å². The Labute approximate surface area is 102 Å². The number of nitrogens with one attached hydrogen (secondary N) is 1. The molecule has 4 heteroatoms. The van der Waals surface area contributed by atoms with Crippen LogP contribution in [0, 0.1) is 0 Å². The Bertz CT molecular complexity index is 580. The van der Waals surface area contributed by atoms with Crippen molar-refractivity contribution in [2.24, 2.45) is 0 Å². The average Bonchev–Trinajstić information content (AvgIpc) is 2.63. The van der Waals surface area contributed by atoms with Gasteiger partial charge in [0.1, 0.15) is 5.52 Å². The fourth-order valence-electron chi connectivity index (χ4n) is 2.31. The number of pyridine rings is 1. The third-order valence-electron chi connectivity index (χ3n) is 3.21. The minimum absolute atomic E-state index is 0.911. The van der Waals surface area contributed by atoms with E-state index < -0.39 is 0 Å². The van der Waals surface area contributed by atoms with Crippen molar-refractivity contribution in [2.45, 2.75) is 6.42 Å². The first-order valence-corrected chi connectivity index (χ1v) is 6.10. The van der Waals surface area contributed by atoms with Crippen molar-refractivity contribution in [1.82, 2.24) is 0 Å². The second kappa shape index (κ2) is 3.35. The number of hydrogen-bond donors (Lipinski definition) is 1. The monoisotopic (exact) mass is 278 g/mol. The van der Waals surface area contributed by atoms with Crippen LogP contribution in [0.25, 0.3) is 10.9 Å². The number of nitrogens with zero attached hydrogens (tertiary/aromatic N) is 1. The SMILES string of the molecule is CN1CCc2c1[nH+]c1ccc(Br)cc1c2N. The highest BCUT2D eigenvalue weighted by atomic mass is 79.9. The quantitative estimate of drug-likeness (QED) is 0.801. The topological polar surface area (TPSA) is 43.4 Å². The Balaban J connectivity index is 2.39. The van der Waals surface area contributed by atoms with Gasteiger partial charge in [0.25, 0.3) is 5.82 Å². The van der Waals surface area contributed by atoms with Crippen LogP contribution in [0.2, 0.25) is 0 Å². The number of likely N-dealkylation sites (N-methyl/N-ethyl adjacent to an activating group) is 1. The zero-order valence-electron chi connectivity index (χ0n) is 9.05. The number of hydrogen-bond acceptors (Lipinski definition) is 2. The highest BCUT2D eigenvalue weighted by Gasteiger charge is 2.27. The first kappa shape index (κ1) is 9.90. The summed E-state index contributed by atoms with van der Waals surface area (Å²) in [5.74, 6) is 1.16. The van der Waals surface area contributed by atoms with Gasteiger partial charge in [-0.3, -0.25) is 4.90 Å². The van der Waals surface area contributed by atoms with Crippen molar-refractivity contribution in [3.05, 3.63) is 28.2 Å². The molecule has 0 unspecified atom stereocenters. The molecule has 0 saturated carbocycles. The van der Waals surface area contributed by atoms with Gasteiger partial charge in [0, 0.05) is 16.3 Å². The van der Waals surface area contributed by atoms with E-state index in [9.17, 15) is 0 Å². The molecule has 3 nitrogen and oxygen atoms in total. The molecule has 0 aliphatic carbocycles. The fourth-order valence-corrected chi connectivity index (χ4v) is 2.67. The van der Waals surface area contributed by atoms with E-state index in [1.165, 1.54) is 5.56 Å². The van der Waals surface area contributed by atoms with E-state index in [4.69, 9.17) is 5.73 Å². The molecular weight excluding hydrogens is 266 g/mol. The summed E-state index contributed by atoms with van der Waals surface area (Å²) in [6.45, 7) is 1.04. The number of aromatic amines is 1. The second-order valence-corrected chi connectivity index (χ2v) is 5.14. The lowest BCUT2D eigenvalue weighted by Gasteiger charge is -2.07. The third kappa shape index (κ3) is 1.29. The molecule has 0 bridgehead atoms. The van der Waals surface area contributed by atoms with Crippen molar-refractivity contribution in [2.75, 3.05) is 24.2 Å². The van der Waals surface area contributed by atoms with E-state index in [0.29, 0.717) is 0 Å². The largest absolute Gasteiger partial charge is 0.398 e. The molecule has 1 aliphatic heterocycles. The van der Waals surface area contributed by atoms with Crippen molar-refractivity contribution >= 4 is 38.3 Å². The van der Waals surface area contributed by atoms with Crippen LogP contribution in [-0.2, 0) is 6.42 Å². The molecule has 2 heterocycles. The lowest BCUT2D eigenvalue weighted by Crippen LogP contribution is -2.21. The Hall–Kier alpha value is -1.29. The summed E-state index contributed by atoms with van der Waals surface area (Å²) in [5.41, 5.74) is 9.48. The first-order valence-electron chi connectivity index (χ1n) is 5.31. The Morgan fingerprint density at radius 2 is 2.25 bits per heavy atom. The van der Waals surface area contributed by atoms with Crippen LogP contribution in [0.1, 0.15) is 5.56 Å². The van der Waals surface area contributed by atoms with Crippen molar-refractivity contribution in [3.8, 4) is 0 Å². The van der Waals surface area contributed by atoms with Crippen molar-refractivity contribution in [1.29, 1.82) is 0 Å². The summed E-state index contributed by atoms with van der Waals surface area (Å²) in [6, 6.07) is 6.15. The maximum Gasteiger partial charge on any atom is 0.280 e. The summed E-state index contributed by atoms with van der Waals surface area (Å²) in [7, 11) is 2.09. The van der Waals surface area contributed by atoms with Gasteiger partial charge in [0.15, 0.2) is 0 Å². The lowest BCUT2D eigenvalue weighted by atomic mass is 10.1. The molecular formula is C12H13BrN3+. The van der Waals surface area contributed by atoms with Gasteiger partial charge in [-0.1, -0.05) is 15.9 Å². The van der Waals surface area contributed by atoms with Crippen LogP contribution in [0.5, 0.6) is 0 Å². The Morgan fingerprint density at radius 1 is 1.44 bits per heavy atom. The summed E-state index contributed by atoms with van der Waals surface area (Å²) >= 11 is 3.48. The van der Waals surface area contributed by atoms with E-state index in [2.05, 4.69) is 45.0 Å². The maximum absolute atomic E-state index is 6.23. The number of benzene rings is 1. The molecule has 2 aromatic rings. The summed E-state index contributed by atoms with van der Waals surface area (Å²) in [6.07, 6.45) is 1.02. The molecule has 1 aromatic carbocycles. The Morgan fingerprint density at radius 3 is 3.06 bits per heavy atom. The molecule has 0 radical (unpaired) electrons. The molecule has 1 aromatic heterocycles. The van der Waals surface area contributed by atoms with Crippen LogP contribution in [0.3, 0.4) is 0 Å². The predicted octanol–water partition coefficient (Wildman–Crippen LogP) is 1.99. The summed E-state index contributed by atoms with van der Waals surface area (Å²) < 4.78 is 1.06. The van der Waals surface area contributed by atoms with Gasteiger partial charge in [0.05, 0.1) is 24.8 Å². The number of aromatic nitrogens is 1. The molecule has 16 heavy (non-hydrogen) atoms. The molecule has 0 fully saturated rings. The normalized spacial score (nSPS) is 14.5. The van der Waals surface area contributed by atoms with E-state index >= 15 is 0 Å². The number of halogens is 1. The van der Waals surface area contributed by atoms with Gasteiger partial charge in [0.2, 0.25) is 0 Å². The van der Waals surface area contributed by atoms with Gasteiger partial charge in [-0.05, 0) is 18.2 Å². The van der Waals surface area contributed by atoms with E-state index in [1.807, 2.05) is 6.07 Å². The van der Waals surface area contributed by atoms with Crippen LogP contribution < -0.4 is 15.6 Å². The number of anilines is 2. The summed E-state index contributed by atoms with van der Waals surface area (Å²) in [4.78, 5) is 5.67. The van der Waals surface area contributed by atoms with Gasteiger partial charge < -0.3 is 5.73 Å². The van der Waals surface area contributed by atoms with E-state index in [0.717, 1.165) is 39.8 Å². The lowest BCUT2D eigenvalue weighted by molar-refractivity contribution is -0.329. The minimum atomic E-state index is 0.911. The second-order valence-electron chi connectivity index (χ2n) is 4.23. The molecule has 3 rings (SSSR count). The zero-order valence-corrected chi connectivity index (χ0v) is 10.6. The zero-order chi connectivity index (χ0) is 11.3. The van der Waals surface area contributed by atoms with Crippen LogP contribution in [-0.4, -0.2) is 13.6 Å². The first-order chi connectivity index (χ1) is 7.66. The van der Waals surface area contributed by atoms with Gasteiger partial charge in [-0.2, -0.15) is 0 Å². The number of rotatable bonds is 0. The van der Waals surface area contributed by atoms with E-state index in [-0.39, 0.29) is 0 Å². The maximum atomic E-state index is 6.23. The van der Waals surface area contributed by atoms with E-state index in [1.54, 1.807) is 0 Å². The van der Waals surface area contributed by atoms with Gasteiger partial charge in [-0.25, -0.2) is 4.98 Å². The highest BCUT2D eigenvalue weighted by Crippen LogP contribution is 2.33. The predicted molar refractivity (Wildman–Crippen MR) is 69.6 cm³/mol. The number of fused-ring (bicyclic) bond motifs is 2. The van der Waals surface area contributed by atoms with Crippen LogP contribution >= 0.6 is 15.9 Å². The number of nitrogen functional groups attached to an aromatic ring is 1. The van der Waals surface area contributed by atoms with Crippen molar-refractivity contribution in [3.63, 3.8) is 0 Å². The van der Waals surface area contributed by atoms with Gasteiger partial charge >= 0.3 is 0 Å². The number of nitrogens with two attached hydrogens (primary N) is 1. The minimum Gasteiger partial charge on any atom is -0.398 e. The van der Waals surface area contributed by atoms with Crippen LogP contribution in [0.15, 0.2) is 22.7 Å². The molecule has 82 valence electrons. The smallest absolute Gasteiger partial charge is 0.280 e. The molecule has 0 spiro atoms. The fraction of sp³-hybridized carbons (Fsp3) is 0.250. The standard InChI is InChI=1S/C12H12BrN3/c1-16-5-4-8-11(14)9-6-7(13)2-3-10(9)15-12(8)16/h2-3,6H,4-5H2,1H3,(H2,14,15)/p+1. The molecule has 1 aliphatic rings. The highest BCUT2D eigenvalue weighted by molar-refractivity contribution is 9.10. The molecule has 0 saturated heterocycles. The van der Waals surface area contributed by atoms with Gasteiger partial charge in [-0.15, -0.1) is 0 Å². The summed E-state index contributed by atoms with van der Waals surface area (Å²) in [5, 5.41) is 1.10.